The van der Waals surface area contributed by atoms with E-state index < -0.39 is 0 Å². The average Bonchev–Trinajstić information content (AvgIpc) is 4.35. The molecule has 6 nitrogen and oxygen atoms in total. The summed E-state index contributed by atoms with van der Waals surface area (Å²) in [5, 5.41) is 4.65. The van der Waals surface area contributed by atoms with Crippen molar-refractivity contribution in [2.24, 2.45) is 0 Å². The molecule has 4 aromatic heterocycles. The van der Waals surface area contributed by atoms with E-state index in [2.05, 4.69) is 255 Å². The van der Waals surface area contributed by atoms with Gasteiger partial charge in [-0.15, -0.1) is 29.7 Å². The number of imidazole rings is 1. The normalized spacial score (nSPS) is 14.3. The first-order valence-electron chi connectivity index (χ1n) is 27.3. The molecule has 5 heterocycles. The van der Waals surface area contributed by atoms with Crippen LogP contribution < -0.4 is 9.30 Å². The molecule has 13 aromatic rings. The van der Waals surface area contributed by atoms with Gasteiger partial charge in [0.15, 0.2) is 0 Å². The second-order valence-corrected chi connectivity index (χ2v) is 23.8. The Bertz CT molecular complexity index is 4600. The summed E-state index contributed by atoms with van der Waals surface area (Å²) in [7, 11) is 0. The van der Waals surface area contributed by atoms with Crippen molar-refractivity contribution in [3.63, 3.8) is 0 Å². The Morgan fingerprint density at radius 3 is 1.73 bits per heavy atom. The van der Waals surface area contributed by atoms with Crippen LogP contribution >= 0.6 is 0 Å². The van der Waals surface area contributed by atoms with Crippen molar-refractivity contribution >= 4 is 54.6 Å². The number of rotatable bonds is 5. The van der Waals surface area contributed by atoms with E-state index in [-0.39, 0.29) is 37.3 Å². The molecule has 1 aliphatic heterocycles. The number of aromatic nitrogens is 5. The van der Waals surface area contributed by atoms with Gasteiger partial charge in [0.2, 0.25) is 0 Å². The Balaban J connectivity index is 0.00000564. The average molecular weight is 1200 g/mol. The molecule has 7 heteroatoms. The molecule has 0 atom stereocenters. The summed E-state index contributed by atoms with van der Waals surface area (Å²) < 4.78 is 16.0. The van der Waals surface area contributed by atoms with Crippen LogP contribution in [0.1, 0.15) is 78.0 Å². The number of ether oxygens (including phenoxy) is 1. The summed E-state index contributed by atoms with van der Waals surface area (Å²) in [5.41, 5.74) is 20.4. The minimum Gasteiger partial charge on any atom is -0.510 e. The third-order valence-electron chi connectivity index (χ3n) is 17.1. The zero-order valence-electron chi connectivity index (χ0n) is 45.3. The zero-order chi connectivity index (χ0) is 52.8. The fraction of sp³-hybridized carbons (Fsp3) is 0.167. The summed E-state index contributed by atoms with van der Waals surface area (Å²) >= 11 is 0. The number of nitrogens with zero attached hydrogens (tertiary/aromatic N) is 5. The molecule has 0 saturated carbocycles. The Labute approximate surface area is 475 Å². The molecule has 0 amide bonds. The molecule has 0 fully saturated rings. The molecular formula is C72H57N5OPt-2. The molecular weight excluding hydrogens is 1150 g/mol. The molecule has 0 saturated heterocycles. The van der Waals surface area contributed by atoms with Gasteiger partial charge in [0, 0.05) is 55.1 Å². The van der Waals surface area contributed by atoms with Crippen molar-refractivity contribution in [2.45, 2.75) is 77.6 Å². The van der Waals surface area contributed by atoms with E-state index in [1.807, 2.05) is 24.4 Å². The van der Waals surface area contributed by atoms with E-state index in [1.165, 1.54) is 49.7 Å². The molecule has 2 aliphatic rings. The van der Waals surface area contributed by atoms with Crippen molar-refractivity contribution in [3.8, 4) is 67.8 Å². The molecule has 0 radical (unpaired) electrons. The smallest absolute Gasteiger partial charge is 0.268 e. The van der Waals surface area contributed by atoms with Crippen LogP contribution in [0.4, 0.5) is 0 Å². The Morgan fingerprint density at radius 2 is 1.05 bits per heavy atom. The molecule has 0 unspecified atom stereocenters. The number of para-hydroxylation sites is 5. The fourth-order valence-corrected chi connectivity index (χ4v) is 13.0. The van der Waals surface area contributed by atoms with Gasteiger partial charge in [-0.2, -0.15) is 18.2 Å². The largest absolute Gasteiger partial charge is 0.510 e. The maximum Gasteiger partial charge on any atom is 0.268 e. The first-order chi connectivity index (χ1) is 37.8. The summed E-state index contributed by atoms with van der Waals surface area (Å²) in [6.07, 6.45) is 8.20. The number of hydrogen-bond donors (Lipinski definition) is 0. The second kappa shape index (κ2) is 17.9. The van der Waals surface area contributed by atoms with Gasteiger partial charge in [-0.05, 0) is 133 Å². The van der Waals surface area contributed by atoms with Gasteiger partial charge in [0.05, 0.1) is 33.4 Å². The molecule has 0 spiro atoms. The SMILES string of the molecule is CC(C)(C)c1ccnc(-n2c3[c-]c(Oc4[c-]c(-n5[c-][n+]6c7c(cccc75)-c5ccccc5-c5cc7c(cc5-c5cccc(-n8c9ccccc9c9ccccc98)c5-6)C(C)(C)CCC7(C)C)ccc4)ccc3c3ccccc32)c1.[Pt]. The predicted molar refractivity (Wildman–Crippen MR) is 318 cm³/mol. The van der Waals surface area contributed by atoms with Crippen LogP contribution in [0.3, 0.4) is 0 Å². The zero-order valence-corrected chi connectivity index (χ0v) is 47.6. The number of pyridine rings is 1. The van der Waals surface area contributed by atoms with Crippen molar-refractivity contribution < 1.29 is 30.4 Å². The van der Waals surface area contributed by atoms with Crippen molar-refractivity contribution in [2.75, 3.05) is 0 Å². The van der Waals surface area contributed by atoms with Crippen molar-refractivity contribution in [1.82, 2.24) is 18.7 Å². The molecule has 388 valence electrons. The third kappa shape index (κ3) is 7.55. The summed E-state index contributed by atoms with van der Waals surface area (Å²) in [4.78, 5) is 4.91. The third-order valence-corrected chi connectivity index (χ3v) is 17.1. The van der Waals surface area contributed by atoms with Gasteiger partial charge in [-0.3, -0.25) is 4.57 Å². The van der Waals surface area contributed by atoms with Crippen LogP contribution in [0.5, 0.6) is 11.5 Å². The summed E-state index contributed by atoms with van der Waals surface area (Å²) in [5.74, 6) is 2.00. The van der Waals surface area contributed by atoms with Gasteiger partial charge >= 0.3 is 0 Å². The minimum atomic E-state index is -0.0450. The molecule has 15 rings (SSSR count). The second-order valence-electron chi connectivity index (χ2n) is 23.8. The van der Waals surface area contributed by atoms with Crippen molar-refractivity contribution in [1.29, 1.82) is 0 Å². The van der Waals surface area contributed by atoms with E-state index >= 15 is 0 Å². The van der Waals surface area contributed by atoms with E-state index in [0.717, 1.165) is 90.7 Å². The number of benzene rings is 9. The van der Waals surface area contributed by atoms with Crippen LogP contribution in [0.25, 0.3) is 111 Å². The standard InChI is InChI=1S/C72H57N5O.Pt/c1-70(2,3)45-35-38-73-67(39-45)77-63-30-15-12-25-53(63)54-34-33-48(41-66(54)77)78-47-20-16-19-46(40-47)74-44-75-68-55(26-17-31-64(68)74)49-21-8-9-22-50(49)57-42-59-60(72(6,7)37-36-71(59,4)5)43-58(57)56-27-18-32-65(69(56)75)76-61-28-13-10-23-51(61)52-24-11-14-29-62(52)76;/h8-35,38-39,42-43H,36-37H2,1-7H3;/q-2;. The van der Waals surface area contributed by atoms with Gasteiger partial charge in [-0.25, -0.2) is 4.98 Å². The van der Waals surface area contributed by atoms with Crippen LogP contribution in [-0.4, -0.2) is 18.7 Å². The minimum absolute atomic E-state index is 0. The first kappa shape index (κ1) is 49.0. The Kier molecular flexibility index (Phi) is 11.1. The molecule has 79 heavy (non-hydrogen) atoms. The topological polar surface area (TPSA) is 40.8 Å². The van der Waals surface area contributed by atoms with Gasteiger partial charge < -0.3 is 18.4 Å². The number of fused-ring (bicyclic) bond motifs is 14. The molecule has 9 aromatic carbocycles. The predicted octanol–water partition coefficient (Wildman–Crippen LogP) is 17.6. The Hall–Kier alpha value is -8.31. The van der Waals surface area contributed by atoms with E-state index in [9.17, 15) is 0 Å². The van der Waals surface area contributed by atoms with Crippen molar-refractivity contribution in [3.05, 3.63) is 229 Å². The maximum atomic E-state index is 6.84. The van der Waals surface area contributed by atoms with E-state index in [4.69, 9.17) is 9.72 Å². The van der Waals surface area contributed by atoms with Gasteiger partial charge in [-0.1, -0.05) is 169 Å². The van der Waals surface area contributed by atoms with Gasteiger partial charge in [0.1, 0.15) is 5.82 Å². The molecule has 0 N–H and O–H groups in total. The number of hydrogen-bond acceptors (Lipinski definition) is 2. The van der Waals surface area contributed by atoms with Crippen LogP contribution in [0.2, 0.25) is 0 Å². The maximum absolute atomic E-state index is 6.84. The summed E-state index contributed by atoms with van der Waals surface area (Å²) in [6.45, 7) is 16.4. The molecule has 0 bridgehead atoms. The Morgan fingerprint density at radius 1 is 0.506 bits per heavy atom. The van der Waals surface area contributed by atoms with Crippen LogP contribution in [0.15, 0.2) is 194 Å². The van der Waals surface area contributed by atoms with Gasteiger partial charge in [0.25, 0.3) is 6.33 Å². The molecule has 1 aliphatic carbocycles. The quantitative estimate of drug-likeness (QED) is 0.127. The monoisotopic (exact) mass is 1200 g/mol. The van der Waals surface area contributed by atoms with Crippen LogP contribution in [0, 0.1) is 18.5 Å². The van der Waals surface area contributed by atoms with E-state index in [1.54, 1.807) is 0 Å². The fourth-order valence-electron chi connectivity index (χ4n) is 13.0. The van der Waals surface area contributed by atoms with Crippen LogP contribution in [-0.2, 0) is 37.3 Å². The summed E-state index contributed by atoms with van der Waals surface area (Å²) in [6, 6.07) is 75.8. The first-order valence-corrected chi connectivity index (χ1v) is 27.3. The van der Waals surface area contributed by atoms with E-state index in [0.29, 0.717) is 11.5 Å².